The molecular weight excluding hydrogens is 216 g/mol. The zero-order valence-electron chi connectivity index (χ0n) is 10.7. The first-order valence-corrected chi connectivity index (χ1v) is 7.09. The molecule has 0 radical (unpaired) electrons. The summed E-state index contributed by atoms with van der Waals surface area (Å²) in [7, 11) is 0. The Morgan fingerprint density at radius 1 is 1.38 bits per heavy atom. The molecule has 3 heteroatoms. The van der Waals surface area contributed by atoms with Crippen LogP contribution in [0, 0.1) is 6.92 Å². The minimum atomic E-state index is 0.357. The number of anilines is 1. The Kier molecular flexibility index (Phi) is 5.13. The number of hydrogen-bond acceptors (Lipinski definition) is 3. The molecular formula is C13H22N2S. The molecule has 1 aromatic rings. The van der Waals surface area contributed by atoms with E-state index in [0.717, 1.165) is 6.54 Å². The minimum Gasteiger partial charge on any atom is -0.383 e. The fourth-order valence-electron chi connectivity index (χ4n) is 1.79. The predicted molar refractivity (Wildman–Crippen MR) is 74.3 cm³/mol. The van der Waals surface area contributed by atoms with Gasteiger partial charge in [-0.1, -0.05) is 13.8 Å². The number of thioether (sulfide) groups is 1. The van der Waals surface area contributed by atoms with Crippen LogP contribution < -0.4 is 5.32 Å². The Morgan fingerprint density at radius 3 is 2.56 bits per heavy atom. The first-order chi connectivity index (χ1) is 7.67. The molecule has 0 spiro atoms. The second-order valence-corrected chi connectivity index (χ2v) is 5.41. The molecule has 1 aromatic heterocycles. The van der Waals surface area contributed by atoms with Crippen molar-refractivity contribution in [3.8, 4) is 0 Å². The molecule has 0 bridgehead atoms. The van der Waals surface area contributed by atoms with E-state index >= 15 is 0 Å². The zero-order chi connectivity index (χ0) is 12.0. The van der Waals surface area contributed by atoms with Crippen LogP contribution in [-0.2, 0) is 0 Å². The van der Waals surface area contributed by atoms with Gasteiger partial charge in [0.25, 0.3) is 0 Å². The van der Waals surface area contributed by atoms with E-state index in [9.17, 15) is 0 Å². The van der Waals surface area contributed by atoms with Crippen LogP contribution in [0.15, 0.2) is 18.5 Å². The Morgan fingerprint density at radius 2 is 2.06 bits per heavy atom. The summed E-state index contributed by atoms with van der Waals surface area (Å²) in [6, 6.07) is 2.05. The highest BCUT2D eigenvalue weighted by atomic mass is 32.2. The maximum Gasteiger partial charge on any atom is 0.0401 e. The van der Waals surface area contributed by atoms with E-state index in [4.69, 9.17) is 0 Å². The van der Waals surface area contributed by atoms with Gasteiger partial charge in [0.2, 0.25) is 0 Å². The number of rotatable bonds is 6. The van der Waals surface area contributed by atoms with Crippen molar-refractivity contribution in [2.45, 2.75) is 38.4 Å². The third-order valence-corrected chi connectivity index (χ3v) is 4.93. The van der Waals surface area contributed by atoms with Gasteiger partial charge in [0.15, 0.2) is 0 Å². The summed E-state index contributed by atoms with van der Waals surface area (Å²) < 4.78 is 0.357. The summed E-state index contributed by atoms with van der Waals surface area (Å²) in [5.74, 6) is 0. The Hall–Kier alpha value is -0.700. The fraction of sp³-hybridized carbons (Fsp3) is 0.615. The molecule has 0 unspecified atom stereocenters. The van der Waals surface area contributed by atoms with E-state index in [1.807, 2.05) is 30.2 Å². The molecule has 0 saturated heterocycles. The summed E-state index contributed by atoms with van der Waals surface area (Å²) in [5.41, 5.74) is 2.42. The van der Waals surface area contributed by atoms with Crippen LogP contribution in [0.4, 0.5) is 5.69 Å². The van der Waals surface area contributed by atoms with Crippen LogP contribution in [0.25, 0.3) is 0 Å². The molecule has 0 amide bonds. The molecule has 90 valence electrons. The first kappa shape index (κ1) is 13.4. The number of nitrogens with zero attached hydrogens (tertiary/aromatic N) is 1. The molecule has 0 saturated carbocycles. The van der Waals surface area contributed by atoms with E-state index in [1.54, 1.807) is 0 Å². The minimum absolute atomic E-state index is 0.357. The van der Waals surface area contributed by atoms with Crippen molar-refractivity contribution in [1.29, 1.82) is 0 Å². The Bertz CT molecular complexity index is 313. The maximum absolute atomic E-state index is 4.10. The second-order valence-electron chi connectivity index (χ2n) is 4.14. The monoisotopic (exact) mass is 238 g/mol. The quantitative estimate of drug-likeness (QED) is 0.817. The van der Waals surface area contributed by atoms with Crippen LogP contribution in [0.5, 0.6) is 0 Å². The van der Waals surface area contributed by atoms with Crippen LogP contribution in [-0.4, -0.2) is 22.5 Å². The van der Waals surface area contributed by atoms with E-state index < -0.39 is 0 Å². The third kappa shape index (κ3) is 3.14. The lowest BCUT2D eigenvalue weighted by molar-refractivity contribution is 0.574. The van der Waals surface area contributed by atoms with Crippen molar-refractivity contribution in [2.24, 2.45) is 0 Å². The Labute approximate surface area is 103 Å². The highest BCUT2D eigenvalue weighted by Crippen LogP contribution is 2.30. The standard InChI is InChI=1S/C13H22N2S/c1-5-13(6-2,16-4)10-15-12-7-8-14-9-11(12)3/h7-9H,5-6,10H2,1-4H3,(H,14,15). The molecule has 0 fully saturated rings. The number of nitrogens with one attached hydrogen (secondary N) is 1. The van der Waals surface area contributed by atoms with Crippen molar-refractivity contribution in [3.05, 3.63) is 24.0 Å². The maximum atomic E-state index is 4.10. The van der Waals surface area contributed by atoms with Crippen LogP contribution in [0.1, 0.15) is 32.3 Å². The molecule has 1 heterocycles. The predicted octanol–water partition coefficient (Wildman–Crippen LogP) is 3.72. The van der Waals surface area contributed by atoms with Gasteiger partial charge in [0.05, 0.1) is 0 Å². The average molecular weight is 238 g/mol. The van der Waals surface area contributed by atoms with Crippen molar-refractivity contribution < 1.29 is 0 Å². The highest BCUT2D eigenvalue weighted by molar-refractivity contribution is 8.00. The van der Waals surface area contributed by atoms with Crippen molar-refractivity contribution in [2.75, 3.05) is 18.1 Å². The SMILES string of the molecule is CCC(CC)(CNc1ccncc1C)SC. The van der Waals surface area contributed by atoms with Crippen molar-refractivity contribution in [1.82, 2.24) is 4.98 Å². The molecule has 1 rings (SSSR count). The van der Waals surface area contributed by atoms with Crippen molar-refractivity contribution in [3.63, 3.8) is 0 Å². The van der Waals surface area contributed by atoms with Gasteiger partial charge in [-0.15, -0.1) is 0 Å². The van der Waals surface area contributed by atoms with Gasteiger partial charge in [0, 0.05) is 29.4 Å². The van der Waals surface area contributed by atoms with Gasteiger partial charge >= 0.3 is 0 Å². The van der Waals surface area contributed by atoms with E-state index in [-0.39, 0.29) is 0 Å². The van der Waals surface area contributed by atoms with Gasteiger partial charge in [0.1, 0.15) is 0 Å². The second kappa shape index (κ2) is 6.14. The molecule has 0 aliphatic rings. The number of hydrogen-bond donors (Lipinski definition) is 1. The summed E-state index contributed by atoms with van der Waals surface area (Å²) in [4.78, 5) is 4.10. The number of aryl methyl sites for hydroxylation is 1. The summed E-state index contributed by atoms with van der Waals surface area (Å²) >= 11 is 1.96. The van der Waals surface area contributed by atoms with Gasteiger partial charge in [-0.2, -0.15) is 11.8 Å². The van der Waals surface area contributed by atoms with Crippen LogP contribution in [0.3, 0.4) is 0 Å². The van der Waals surface area contributed by atoms with E-state index in [2.05, 4.69) is 37.3 Å². The van der Waals surface area contributed by atoms with Crippen molar-refractivity contribution >= 4 is 17.4 Å². The first-order valence-electron chi connectivity index (χ1n) is 5.87. The fourth-order valence-corrected chi connectivity index (χ4v) is 2.58. The third-order valence-electron chi connectivity index (χ3n) is 3.34. The molecule has 0 aliphatic carbocycles. The number of aromatic nitrogens is 1. The Balaban J connectivity index is 2.66. The molecule has 0 aromatic carbocycles. The summed E-state index contributed by atoms with van der Waals surface area (Å²) in [5, 5.41) is 3.55. The molecule has 1 N–H and O–H groups in total. The number of pyridine rings is 1. The average Bonchev–Trinajstić information content (AvgIpc) is 2.34. The van der Waals surface area contributed by atoms with Crippen LogP contribution >= 0.6 is 11.8 Å². The zero-order valence-corrected chi connectivity index (χ0v) is 11.5. The lowest BCUT2D eigenvalue weighted by Crippen LogP contribution is -2.32. The largest absolute Gasteiger partial charge is 0.383 e. The van der Waals surface area contributed by atoms with E-state index in [1.165, 1.54) is 24.1 Å². The highest BCUT2D eigenvalue weighted by Gasteiger charge is 2.24. The van der Waals surface area contributed by atoms with E-state index in [0.29, 0.717) is 4.75 Å². The van der Waals surface area contributed by atoms with Gasteiger partial charge in [-0.3, -0.25) is 4.98 Å². The lowest BCUT2D eigenvalue weighted by atomic mass is 10.0. The summed E-state index contributed by atoms with van der Waals surface area (Å²) in [6.45, 7) is 7.64. The molecule has 16 heavy (non-hydrogen) atoms. The van der Waals surface area contributed by atoms with Crippen LogP contribution in [0.2, 0.25) is 0 Å². The summed E-state index contributed by atoms with van der Waals surface area (Å²) in [6.07, 6.45) is 8.34. The molecule has 2 nitrogen and oxygen atoms in total. The van der Waals surface area contributed by atoms with Gasteiger partial charge < -0.3 is 5.32 Å². The normalized spacial score (nSPS) is 11.5. The topological polar surface area (TPSA) is 24.9 Å². The lowest BCUT2D eigenvalue weighted by Gasteiger charge is -2.30. The smallest absolute Gasteiger partial charge is 0.0401 e. The van der Waals surface area contributed by atoms with Gasteiger partial charge in [-0.25, -0.2) is 0 Å². The van der Waals surface area contributed by atoms with Gasteiger partial charge in [-0.05, 0) is 37.7 Å². The molecule has 0 atom stereocenters. The molecule has 0 aliphatic heterocycles.